The number of rotatable bonds is 4. The zero-order valence-corrected chi connectivity index (χ0v) is 14.3. The van der Waals surface area contributed by atoms with E-state index in [9.17, 15) is 9.59 Å². The van der Waals surface area contributed by atoms with Crippen molar-refractivity contribution in [2.24, 2.45) is 7.05 Å². The smallest absolute Gasteiger partial charge is 0.271 e. The van der Waals surface area contributed by atoms with Crippen molar-refractivity contribution < 1.29 is 4.79 Å². The topological polar surface area (TPSA) is 64.0 Å². The van der Waals surface area contributed by atoms with Crippen LogP contribution in [-0.2, 0) is 11.8 Å². The second kappa shape index (κ2) is 6.42. The van der Waals surface area contributed by atoms with E-state index in [1.165, 1.54) is 40.5 Å². The van der Waals surface area contributed by atoms with Gasteiger partial charge in [0.1, 0.15) is 4.70 Å². The second-order valence-corrected chi connectivity index (χ2v) is 7.87. The van der Waals surface area contributed by atoms with E-state index < -0.39 is 0 Å². The molecule has 2 aromatic heterocycles. The molecule has 1 fully saturated rings. The zero-order valence-electron chi connectivity index (χ0n) is 12.7. The summed E-state index contributed by atoms with van der Waals surface area (Å²) in [6, 6.07) is 2.15. The van der Waals surface area contributed by atoms with Crippen molar-refractivity contribution >= 4 is 39.2 Å². The lowest BCUT2D eigenvalue weighted by molar-refractivity contribution is -0.120. The van der Waals surface area contributed by atoms with Crippen molar-refractivity contribution in [2.75, 3.05) is 0 Å². The highest BCUT2D eigenvalue weighted by atomic mass is 32.2. The molecule has 1 saturated carbocycles. The van der Waals surface area contributed by atoms with Crippen molar-refractivity contribution in [2.45, 2.75) is 49.1 Å². The third-order valence-electron chi connectivity index (χ3n) is 4.00. The van der Waals surface area contributed by atoms with Crippen molar-refractivity contribution in [3.05, 3.63) is 21.8 Å². The molecule has 0 bridgehead atoms. The highest BCUT2D eigenvalue weighted by Crippen LogP contribution is 2.24. The van der Waals surface area contributed by atoms with Crippen molar-refractivity contribution in [3.63, 3.8) is 0 Å². The maximum Gasteiger partial charge on any atom is 0.271 e. The van der Waals surface area contributed by atoms with Gasteiger partial charge in [-0.05, 0) is 31.2 Å². The van der Waals surface area contributed by atoms with Crippen LogP contribution in [0.4, 0.5) is 0 Å². The molecule has 3 rings (SSSR count). The number of hydrogen-bond acceptors (Lipinski definition) is 5. The second-order valence-electron chi connectivity index (χ2n) is 5.64. The molecule has 0 saturated heterocycles. The number of aromatic nitrogens is 2. The average molecular weight is 337 g/mol. The van der Waals surface area contributed by atoms with E-state index in [2.05, 4.69) is 10.3 Å². The zero-order chi connectivity index (χ0) is 15.7. The van der Waals surface area contributed by atoms with E-state index in [-0.39, 0.29) is 16.7 Å². The van der Waals surface area contributed by atoms with E-state index >= 15 is 0 Å². The minimum absolute atomic E-state index is 0.0246. The van der Waals surface area contributed by atoms with Gasteiger partial charge in [-0.15, -0.1) is 11.3 Å². The Morgan fingerprint density at radius 1 is 1.50 bits per heavy atom. The van der Waals surface area contributed by atoms with Crippen molar-refractivity contribution in [1.29, 1.82) is 0 Å². The lowest BCUT2D eigenvalue weighted by Crippen LogP contribution is -2.38. The average Bonchev–Trinajstić information content (AvgIpc) is 3.15. The van der Waals surface area contributed by atoms with Crippen LogP contribution in [0.2, 0.25) is 0 Å². The lowest BCUT2D eigenvalue weighted by Gasteiger charge is -2.16. The Morgan fingerprint density at radius 3 is 2.95 bits per heavy atom. The molecule has 1 N–H and O–H groups in total. The van der Waals surface area contributed by atoms with Crippen LogP contribution in [0, 0.1) is 0 Å². The maximum absolute atomic E-state index is 12.3. The van der Waals surface area contributed by atoms with Crippen LogP contribution in [0.15, 0.2) is 21.4 Å². The van der Waals surface area contributed by atoms with E-state index in [4.69, 9.17) is 0 Å². The summed E-state index contributed by atoms with van der Waals surface area (Å²) in [7, 11) is 1.71. The lowest BCUT2D eigenvalue weighted by atomic mass is 10.2. The van der Waals surface area contributed by atoms with E-state index in [0.717, 1.165) is 12.8 Å². The number of nitrogens with one attached hydrogen (secondary N) is 1. The number of nitrogens with zero attached hydrogens (tertiary/aromatic N) is 2. The van der Waals surface area contributed by atoms with Gasteiger partial charge in [0.25, 0.3) is 5.56 Å². The number of hydrogen-bond donors (Lipinski definition) is 1. The number of fused-ring (bicyclic) bond motifs is 1. The first kappa shape index (κ1) is 15.6. The molecule has 1 aliphatic rings. The highest BCUT2D eigenvalue weighted by molar-refractivity contribution is 8.00. The summed E-state index contributed by atoms with van der Waals surface area (Å²) in [5.41, 5.74) is 0.657. The molecule has 0 spiro atoms. The summed E-state index contributed by atoms with van der Waals surface area (Å²) in [6.07, 6.45) is 4.52. The predicted molar refractivity (Wildman–Crippen MR) is 90.6 cm³/mol. The molecule has 0 aromatic carbocycles. The first-order valence-corrected chi connectivity index (χ1v) is 9.23. The van der Waals surface area contributed by atoms with Crippen LogP contribution in [-0.4, -0.2) is 26.8 Å². The van der Waals surface area contributed by atoms with Crippen LogP contribution in [0.5, 0.6) is 0 Å². The Bertz CT molecular complexity index is 747. The Kier molecular flexibility index (Phi) is 4.54. The normalized spacial score (nSPS) is 17.0. The van der Waals surface area contributed by atoms with Gasteiger partial charge in [0.05, 0.1) is 10.8 Å². The number of thiophene rings is 1. The summed E-state index contributed by atoms with van der Waals surface area (Å²) in [6.45, 7) is 1.86. The molecule has 22 heavy (non-hydrogen) atoms. The standard InChI is InChI=1S/C15H19N3O2S2/c1-9(13(19)16-10-5-3-4-6-10)22-15-17-11-7-8-21-12(11)14(20)18(15)2/h7-10H,3-6H2,1-2H3,(H,16,19)/t9-/m1/s1. The molecule has 118 valence electrons. The van der Waals surface area contributed by atoms with Crippen LogP contribution in [0.3, 0.4) is 0 Å². The number of thioether (sulfide) groups is 1. The third-order valence-corrected chi connectivity index (χ3v) is 6.03. The van der Waals surface area contributed by atoms with E-state index in [1.54, 1.807) is 7.05 Å². The van der Waals surface area contributed by atoms with Gasteiger partial charge in [0, 0.05) is 13.1 Å². The Balaban J connectivity index is 1.75. The molecule has 7 heteroatoms. The fourth-order valence-electron chi connectivity index (χ4n) is 2.67. The summed E-state index contributed by atoms with van der Waals surface area (Å²) >= 11 is 2.74. The molecular weight excluding hydrogens is 318 g/mol. The van der Waals surface area contributed by atoms with Gasteiger partial charge in [-0.2, -0.15) is 0 Å². The number of amides is 1. The third kappa shape index (κ3) is 3.05. The van der Waals surface area contributed by atoms with Crippen molar-refractivity contribution in [3.8, 4) is 0 Å². The van der Waals surface area contributed by atoms with Gasteiger partial charge in [-0.3, -0.25) is 14.2 Å². The molecular formula is C15H19N3O2S2. The van der Waals surface area contributed by atoms with Gasteiger partial charge in [-0.1, -0.05) is 24.6 Å². The van der Waals surface area contributed by atoms with E-state index in [1.807, 2.05) is 18.4 Å². The molecule has 5 nitrogen and oxygen atoms in total. The summed E-state index contributed by atoms with van der Waals surface area (Å²) in [5, 5.41) is 5.28. The summed E-state index contributed by atoms with van der Waals surface area (Å²) < 4.78 is 2.19. The maximum atomic E-state index is 12.3. The molecule has 0 unspecified atom stereocenters. The Labute approximate surface area is 137 Å². The molecule has 0 aliphatic heterocycles. The van der Waals surface area contributed by atoms with E-state index in [0.29, 0.717) is 21.4 Å². The monoisotopic (exact) mass is 337 g/mol. The summed E-state index contributed by atoms with van der Waals surface area (Å²) in [4.78, 5) is 29.0. The minimum atomic E-state index is -0.269. The van der Waals surface area contributed by atoms with Crippen molar-refractivity contribution in [1.82, 2.24) is 14.9 Å². The molecule has 1 aliphatic carbocycles. The first-order valence-electron chi connectivity index (χ1n) is 7.47. The molecule has 2 aromatic rings. The van der Waals surface area contributed by atoms with Crippen LogP contribution in [0.25, 0.3) is 10.2 Å². The summed E-state index contributed by atoms with van der Waals surface area (Å²) in [5.74, 6) is 0.0246. The fourth-order valence-corrected chi connectivity index (χ4v) is 4.36. The number of carbonyl (C=O) groups excluding carboxylic acids is 1. The first-order chi connectivity index (χ1) is 10.6. The van der Waals surface area contributed by atoms with Gasteiger partial charge < -0.3 is 5.32 Å². The highest BCUT2D eigenvalue weighted by Gasteiger charge is 2.22. The van der Waals surface area contributed by atoms with Crippen LogP contribution >= 0.6 is 23.1 Å². The van der Waals surface area contributed by atoms with Gasteiger partial charge in [0.2, 0.25) is 5.91 Å². The molecule has 2 heterocycles. The number of carbonyl (C=O) groups is 1. The van der Waals surface area contributed by atoms with Gasteiger partial charge >= 0.3 is 0 Å². The Hall–Kier alpha value is -1.34. The minimum Gasteiger partial charge on any atom is -0.352 e. The quantitative estimate of drug-likeness (QED) is 0.688. The van der Waals surface area contributed by atoms with Crippen LogP contribution in [0.1, 0.15) is 32.6 Å². The fraction of sp³-hybridized carbons (Fsp3) is 0.533. The SMILES string of the molecule is C[C@@H](Sc1nc2ccsc2c(=O)n1C)C(=O)NC1CCCC1. The molecule has 0 radical (unpaired) electrons. The predicted octanol–water partition coefficient (Wildman–Crippen LogP) is 2.53. The van der Waals surface area contributed by atoms with Gasteiger partial charge in [-0.25, -0.2) is 4.98 Å². The Morgan fingerprint density at radius 2 is 2.23 bits per heavy atom. The van der Waals surface area contributed by atoms with Gasteiger partial charge in [0.15, 0.2) is 5.16 Å². The molecule has 1 amide bonds. The molecule has 1 atom stereocenters. The van der Waals surface area contributed by atoms with Crippen LogP contribution < -0.4 is 10.9 Å². The largest absolute Gasteiger partial charge is 0.352 e.